The molecule has 0 fully saturated rings. The van der Waals surface area contributed by atoms with Gasteiger partial charge in [-0.1, -0.05) is 40.2 Å². The van der Waals surface area contributed by atoms with Crippen LogP contribution in [0.4, 0.5) is 0 Å². The molecule has 1 aromatic heterocycles. The van der Waals surface area contributed by atoms with Crippen LogP contribution in [0.1, 0.15) is 28.1 Å². The topological polar surface area (TPSA) is 76.3 Å². The molecule has 6 nitrogen and oxygen atoms in total. The number of hydrogen-bond donors (Lipinski definition) is 1. The van der Waals surface area contributed by atoms with E-state index in [2.05, 4.69) is 25.8 Å². The van der Waals surface area contributed by atoms with Gasteiger partial charge in [-0.05, 0) is 91.2 Å². The van der Waals surface area contributed by atoms with Crippen LogP contribution in [0.2, 0.25) is 0 Å². The first-order chi connectivity index (χ1) is 18.4. The number of nitriles is 1. The number of aromatic nitrogens is 1. The molecule has 0 bridgehead atoms. The monoisotopic (exact) mass is 569 g/mol. The maximum Gasteiger partial charge on any atom is 0.262 e. The molecular formula is C31H28BrN3O3. The molecule has 0 aliphatic rings. The van der Waals surface area contributed by atoms with Crippen molar-refractivity contribution in [2.24, 2.45) is 0 Å². The first kappa shape index (κ1) is 26.8. The molecule has 1 heterocycles. The number of hydrogen-bond acceptors (Lipinski definition) is 4. The summed E-state index contributed by atoms with van der Waals surface area (Å²) in [5.74, 6) is 1.11. The molecule has 3 aromatic carbocycles. The van der Waals surface area contributed by atoms with Crippen LogP contribution in [0.5, 0.6) is 11.5 Å². The lowest BCUT2D eigenvalue weighted by Crippen LogP contribution is -2.23. The van der Waals surface area contributed by atoms with E-state index in [1.54, 1.807) is 13.2 Å². The fourth-order valence-electron chi connectivity index (χ4n) is 4.09. The molecule has 192 valence electrons. The highest BCUT2D eigenvalue weighted by molar-refractivity contribution is 9.10. The van der Waals surface area contributed by atoms with E-state index in [-0.39, 0.29) is 5.57 Å². The summed E-state index contributed by atoms with van der Waals surface area (Å²) < 4.78 is 14.2. The first-order valence-corrected chi connectivity index (χ1v) is 12.9. The van der Waals surface area contributed by atoms with Gasteiger partial charge in [0.2, 0.25) is 0 Å². The Balaban J connectivity index is 1.45. The number of aryl methyl sites for hydroxylation is 1. The molecule has 0 saturated heterocycles. The van der Waals surface area contributed by atoms with Crippen molar-refractivity contribution in [3.8, 4) is 23.3 Å². The summed E-state index contributed by atoms with van der Waals surface area (Å²) in [5.41, 5.74) is 5.77. The van der Waals surface area contributed by atoms with Crippen molar-refractivity contribution in [1.82, 2.24) is 9.88 Å². The van der Waals surface area contributed by atoms with Crippen molar-refractivity contribution < 1.29 is 14.3 Å². The van der Waals surface area contributed by atoms with Crippen molar-refractivity contribution in [2.45, 2.75) is 27.0 Å². The molecule has 1 amide bonds. The number of nitrogens with one attached hydrogen (secondary N) is 1. The second-order valence-electron chi connectivity index (χ2n) is 8.77. The number of amides is 1. The zero-order chi connectivity index (χ0) is 27.1. The average Bonchev–Trinajstić information content (AvgIpc) is 3.22. The fraction of sp³-hybridized carbons (Fsp3) is 0.161. The van der Waals surface area contributed by atoms with Gasteiger partial charge in [0.05, 0.1) is 7.11 Å². The van der Waals surface area contributed by atoms with Crippen LogP contribution in [0, 0.1) is 25.2 Å². The van der Waals surface area contributed by atoms with E-state index in [1.165, 1.54) is 0 Å². The number of methoxy groups -OCH3 is 1. The zero-order valence-electron chi connectivity index (χ0n) is 21.5. The molecule has 0 aliphatic carbocycles. The number of carbonyl (C=O) groups excluding carboxylic acids is 1. The number of halogens is 1. The summed E-state index contributed by atoms with van der Waals surface area (Å²) in [5, 5.41) is 12.5. The molecule has 0 saturated carbocycles. The highest BCUT2D eigenvalue weighted by Crippen LogP contribution is 2.25. The van der Waals surface area contributed by atoms with Gasteiger partial charge in [-0.15, -0.1) is 0 Å². The van der Waals surface area contributed by atoms with Gasteiger partial charge in [-0.25, -0.2) is 0 Å². The Hall–Kier alpha value is -4.28. The van der Waals surface area contributed by atoms with E-state index in [0.717, 1.165) is 49.7 Å². The van der Waals surface area contributed by atoms with Crippen molar-refractivity contribution >= 4 is 27.9 Å². The Kier molecular flexibility index (Phi) is 8.67. The Morgan fingerprint density at radius 2 is 1.61 bits per heavy atom. The number of nitrogens with zero attached hydrogens (tertiary/aromatic N) is 2. The van der Waals surface area contributed by atoms with Crippen LogP contribution in [0.25, 0.3) is 11.8 Å². The molecule has 0 atom stereocenters. The Morgan fingerprint density at radius 1 is 0.974 bits per heavy atom. The lowest BCUT2D eigenvalue weighted by Gasteiger charge is -2.12. The summed E-state index contributed by atoms with van der Waals surface area (Å²) in [4.78, 5) is 12.7. The summed E-state index contributed by atoms with van der Waals surface area (Å²) in [7, 11) is 1.60. The second kappa shape index (κ2) is 12.3. The third-order valence-electron chi connectivity index (χ3n) is 6.16. The van der Waals surface area contributed by atoms with Gasteiger partial charge in [-0.2, -0.15) is 5.26 Å². The summed E-state index contributed by atoms with van der Waals surface area (Å²) in [6.45, 7) is 4.77. The number of rotatable bonds is 9. The fourth-order valence-corrected chi connectivity index (χ4v) is 4.36. The number of carbonyl (C=O) groups is 1. The maximum absolute atomic E-state index is 12.7. The van der Waals surface area contributed by atoms with Crippen LogP contribution in [0.3, 0.4) is 0 Å². The van der Waals surface area contributed by atoms with E-state index in [0.29, 0.717) is 13.2 Å². The van der Waals surface area contributed by atoms with E-state index in [1.807, 2.05) is 98.8 Å². The van der Waals surface area contributed by atoms with E-state index in [4.69, 9.17) is 9.47 Å². The van der Waals surface area contributed by atoms with E-state index in [9.17, 15) is 10.1 Å². The van der Waals surface area contributed by atoms with E-state index >= 15 is 0 Å². The van der Waals surface area contributed by atoms with Crippen molar-refractivity contribution in [3.63, 3.8) is 0 Å². The minimum Gasteiger partial charge on any atom is -0.497 e. The smallest absolute Gasteiger partial charge is 0.262 e. The van der Waals surface area contributed by atoms with Crippen molar-refractivity contribution in [2.75, 3.05) is 7.11 Å². The molecule has 4 rings (SSSR count). The number of ether oxygens (including phenoxy) is 2. The van der Waals surface area contributed by atoms with Crippen LogP contribution >= 0.6 is 15.9 Å². The summed E-state index contributed by atoms with van der Waals surface area (Å²) in [6, 6.07) is 27.3. The quantitative estimate of drug-likeness (QED) is 0.180. The van der Waals surface area contributed by atoms with Gasteiger partial charge >= 0.3 is 0 Å². The maximum atomic E-state index is 12.7. The van der Waals surface area contributed by atoms with Crippen molar-refractivity contribution in [3.05, 3.63) is 117 Å². The highest BCUT2D eigenvalue weighted by Gasteiger charge is 2.14. The van der Waals surface area contributed by atoms with Crippen LogP contribution in [-0.4, -0.2) is 17.6 Å². The largest absolute Gasteiger partial charge is 0.497 e. The van der Waals surface area contributed by atoms with Crippen molar-refractivity contribution in [1.29, 1.82) is 5.26 Å². The highest BCUT2D eigenvalue weighted by atomic mass is 79.9. The van der Waals surface area contributed by atoms with Gasteiger partial charge in [0.25, 0.3) is 5.91 Å². The lowest BCUT2D eigenvalue weighted by molar-refractivity contribution is -0.117. The van der Waals surface area contributed by atoms with Crippen LogP contribution in [0.15, 0.2) is 88.9 Å². The Morgan fingerprint density at radius 3 is 2.24 bits per heavy atom. The van der Waals surface area contributed by atoms with Gasteiger partial charge < -0.3 is 19.4 Å². The SMILES string of the molecule is COc1ccc(CNC(=O)/C(C#N)=C\c2cc(C)n(-c3ccc(OCc4ccc(Br)cc4)cc3)c2C)cc1. The molecule has 4 aromatic rings. The molecular weight excluding hydrogens is 542 g/mol. The van der Waals surface area contributed by atoms with Gasteiger partial charge in [0.15, 0.2) is 0 Å². The average molecular weight is 570 g/mol. The predicted octanol–water partition coefficient (Wildman–Crippen LogP) is 6.67. The van der Waals surface area contributed by atoms with Gasteiger partial charge in [-0.3, -0.25) is 4.79 Å². The Bertz CT molecular complexity index is 1480. The summed E-state index contributed by atoms with van der Waals surface area (Å²) in [6.07, 6.45) is 1.64. The number of benzene rings is 3. The molecule has 0 radical (unpaired) electrons. The predicted molar refractivity (Wildman–Crippen MR) is 152 cm³/mol. The summed E-state index contributed by atoms with van der Waals surface area (Å²) >= 11 is 3.44. The minimum absolute atomic E-state index is 0.0513. The van der Waals surface area contributed by atoms with Gasteiger partial charge in [0.1, 0.15) is 29.7 Å². The lowest BCUT2D eigenvalue weighted by atomic mass is 10.1. The third kappa shape index (κ3) is 6.53. The third-order valence-corrected chi connectivity index (χ3v) is 6.69. The van der Waals surface area contributed by atoms with Gasteiger partial charge in [0, 0.05) is 28.1 Å². The normalized spacial score (nSPS) is 11.1. The molecule has 0 spiro atoms. The van der Waals surface area contributed by atoms with Crippen LogP contribution in [-0.2, 0) is 17.9 Å². The molecule has 0 unspecified atom stereocenters. The first-order valence-electron chi connectivity index (χ1n) is 12.1. The molecule has 1 N–H and O–H groups in total. The zero-order valence-corrected chi connectivity index (χ0v) is 23.1. The molecule has 7 heteroatoms. The Labute approximate surface area is 231 Å². The minimum atomic E-state index is -0.416. The van der Waals surface area contributed by atoms with Crippen LogP contribution < -0.4 is 14.8 Å². The second-order valence-corrected chi connectivity index (χ2v) is 9.69. The van der Waals surface area contributed by atoms with E-state index < -0.39 is 5.91 Å². The molecule has 0 aliphatic heterocycles. The standard InChI is InChI=1S/C31H28BrN3O3/c1-21-16-25(17-26(18-33)31(36)34-19-23-6-12-29(37-3)13-7-23)22(2)35(21)28-10-14-30(15-11-28)38-20-24-4-8-27(32)9-5-24/h4-17H,19-20H2,1-3H3,(H,34,36)/b26-17-. The molecule has 38 heavy (non-hydrogen) atoms.